The minimum Gasteiger partial charge on any atom is -0.497 e. The standard InChI is InChI=1S/C20H23BrN2O2/c1-22(20(24)18-13-17(25-2)10-11-19(18)21)16-9-6-12-23(14-16)15-7-4-3-5-8-15/h3-5,7-8,10-11,13,16H,6,9,12,14H2,1-2H3. The Bertz CT molecular complexity index is 736. The number of carbonyl (C=O) groups is 1. The lowest BCUT2D eigenvalue weighted by molar-refractivity contribution is 0.0716. The van der Waals surface area contributed by atoms with Crippen molar-refractivity contribution >= 4 is 27.5 Å². The Balaban J connectivity index is 1.76. The topological polar surface area (TPSA) is 32.8 Å². The van der Waals surface area contributed by atoms with Crippen LogP contribution < -0.4 is 9.64 Å². The van der Waals surface area contributed by atoms with Gasteiger partial charge < -0.3 is 14.5 Å². The maximum Gasteiger partial charge on any atom is 0.255 e. The van der Waals surface area contributed by atoms with Crippen molar-refractivity contribution in [1.29, 1.82) is 0 Å². The number of benzene rings is 2. The summed E-state index contributed by atoms with van der Waals surface area (Å²) in [4.78, 5) is 17.2. The Kier molecular flexibility index (Phi) is 5.63. The molecule has 0 saturated carbocycles. The van der Waals surface area contributed by atoms with Crippen molar-refractivity contribution in [2.24, 2.45) is 0 Å². The van der Waals surface area contributed by atoms with Gasteiger partial charge in [0.25, 0.3) is 5.91 Å². The van der Waals surface area contributed by atoms with Crippen LogP contribution in [-0.4, -0.2) is 44.1 Å². The van der Waals surface area contributed by atoms with Gasteiger partial charge in [0.05, 0.1) is 12.7 Å². The van der Waals surface area contributed by atoms with Gasteiger partial charge in [-0.05, 0) is 59.1 Å². The summed E-state index contributed by atoms with van der Waals surface area (Å²) in [5.74, 6) is 0.709. The Labute approximate surface area is 157 Å². The van der Waals surface area contributed by atoms with E-state index in [1.165, 1.54) is 5.69 Å². The van der Waals surface area contributed by atoms with Gasteiger partial charge in [-0.2, -0.15) is 0 Å². The molecule has 0 spiro atoms. The largest absolute Gasteiger partial charge is 0.497 e. The van der Waals surface area contributed by atoms with E-state index in [0.29, 0.717) is 11.3 Å². The fourth-order valence-electron chi connectivity index (χ4n) is 3.30. The van der Waals surface area contributed by atoms with E-state index in [1.807, 2.05) is 30.1 Å². The highest BCUT2D eigenvalue weighted by atomic mass is 79.9. The Hall–Kier alpha value is -2.01. The van der Waals surface area contributed by atoms with Crippen LogP contribution in [0.3, 0.4) is 0 Å². The first-order valence-electron chi connectivity index (χ1n) is 8.51. The molecule has 5 heteroatoms. The van der Waals surface area contributed by atoms with E-state index in [-0.39, 0.29) is 11.9 Å². The molecule has 25 heavy (non-hydrogen) atoms. The molecule has 1 fully saturated rings. The van der Waals surface area contributed by atoms with E-state index < -0.39 is 0 Å². The number of anilines is 1. The van der Waals surface area contributed by atoms with Crippen LogP contribution >= 0.6 is 15.9 Å². The van der Waals surface area contributed by atoms with Crippen LogP contribution in [0.25, 0.3) is 0 Å². The zero-order chi connectivity index (χ0) is 17.8. The first kappa shape index (κ1) is 17.8. The molecule has 2 aromatic carbocycles. The number of nitrogens with zero attached hydrogens (tertiary/aromatic N) is 2. The number of halogens is 1. The molecule has 1 atom stereocenters. The first-order chi connectivity index (χ1) is 12.1. The molecule has 0 aromatic heterocycles. The quantitative estimate of drug-likeness (QED) is 0.767. The van der Waals surface area contributed by atoms with Gasteiger partial charge in [0.1, 0.15) is 5.75 Å². The minimum absolute atomic E-state index is 0.0192. The average Bonchev–Trinajstić information content (AvgIpc) is 2.68. The van der Waals surface area contributed by atoms with Gasteiger partial charge in [-0.25, -0.2) is 0 Å². The number of likely N-dealkylation sites (N-methyl/N-ethyl adjacent to an activating group) is 1. The third-order valence-electron chi connectivity index (χ3n) is 4.79. The van der Waals surface area contributed by atoms with Crippen LogP contribution in [0.2, 0.25) is 0 Å². The van der Waals surface area contributed by atoms with E-state index in [9.17, 15) is 4.79 Å². The van der Waals surface area contributed by atoms with Crippen molar-refractivity contribution in [2.75, 3.05) is 32.1 Å². The summed E-state index contributed by atoms with van der Waals surface area (Å²) < 4.78 is 6.05. The number of piperidine rings is 1. The summed E-state index contributed by atoms with van der Waals surface area (Å²) in [6.45, 7) is 1.89. The SMILES string of the molecule is COc1ccc(Br)c(C(=O)N(C)C2CCCN(c3ccccc3)C2)c1. The normalized spacial score (nSPS) is 17.2. The minimum atomic E-state index is 0.0192. The molecular weight excluding hydrogens is 380 g/mol. The van der Waals surface area contributed by atoms with Crippen LogP contribution in [0.15, 0.2) is 53.0 Å². The molecule has 1 heterocycles. The fraction of sp³-hybridized carbons (Fsp3) is 0.350. The number of rotatable bonds is 4. The van der Waals surface area contributed by atoms with E-state index >= 15 is 0 Å². The molecule has 3 rings (SSSR count). The second-order valence-corrected chi connectivity index (χ2v) is 7.19. The average molecular weight is 403 g/mol. The van der Waals surface area contributed by atoms with Gasteiger partial charge in [0.15, 0.2) is 0 Å². The molecule has 0 bridgehead atoms. The Morgan fingerprint density at radius 1 is 1.24 bits per heavy atom. The van der Waals surface area contributed by atoms with Crippen molar-refractivity contribution in [3.8, 4) is 5.75 Å². The van der Waals surface area contributed by atoms with Gasteiger partial charge in [-0.3, -0.25) is 4.79 Å². The second kappa shape index (κ2) is 7.91. The molecule has 0 aliphatic carbocycles. The zero-order valence-corrected chi connectivity index (χ0v) is 16.2. The molecule has 2 aromatic rings. The summed E-state index contributed by atoms with van der Waals surface area (Å²) in [5.41, 5.74) is 1.86. The van der Waals surface area contributed by atoms with Gasteiger partial charge in [-0.1, -0.05) is 18.2 Å². The molecule has 1 saturated heterocycles. The van der Waals surface area contributed by atoms with Crippen LogP contribution in [0.4, 0.5) is 5.69 Å². The molecule has 4 nitrogen and oxygen atoms in total. The van der Waals surface area contributed by atoms with Gasteiger partial charge in [0.2, 0.25) is 0 Å². The summed E-state index contributed by atoms with van der Waals surface area (Å²) in [5, 5.41) is 0. The van der Waals surface area contributed by atoms with Crippen LogP contribution in [0.1, 0.15) is 23.2 Å². The number of carbonyl (C=O) groups excluding carboxylic acids is 1. The number of hydrogen-bond donors (Lipinski definition) is 0. The fourth-order valence-corrected chi connectivity index (χ4v) is 3.71. The molecule has 0 radical (unpaired) electrons. The van der Waals surface area contributed by atoms with E-state index in [4.69, 9.17) is 4.74 Å². The molecular formula is C20H23BrN2O2. The molecule has 132 valence electrons. The molecule has 0 N–H and O–H groups in total. The smallest absolute Gasteiger partial charge is 0.255 e. The summed E-state index contributed by atoms with van der Waals surface area (Å²) in [6, 6.07) is 16.1. The highest BCUT2D eigenvalue weighted by Crippen LogP contribution is 2.26. The van der Waals surface area contributed by atoms with Crippen molar-refractivity contribution in [3.05, 3.63) is 58.6 Å². The Morgan fingerprint density at radius 2 is 2.00 bits per heavy atom. The van der Waals surface area contributed by atoms with E-state index in [0.717, 1.165) is 30.4 Å². The predicted octanol–water partition coefficient (Wildman–Crippen LogP) is 4.20. The predicted molar refractivity (Wildman–Crippen MR) is 104 cm³/mol. The zero-order valence-electron chi connectivity index (χ0n) is 14.6. The lowest BCUT2D eigenvalue weighted by atomic mass is 10.0. The number of para-hydroxylation sites is 1. The molecule has 1 aliphatic heterocycles. The summed E-state index contributed by atoms with van der Waals surface area (Å²) in [7, 11) is 3.51. The van der Waals surface area contributed by atoms with Crippen molar-refractivity contribution in [3.63, 3.8) is 0 Å². The highest BCUT2D eigenvalue weighted by Gasteiger charge is 2.27. The van der Waals surface area contributed by atoms with E-state index in [1.54, 1.807) is 13.2 Å². The second-order valence-electron chi connectivity index (χ2n) is 6.34. The first-order valence-corrected chi connectivity index (χ1v) is 9.30. The lowest BCUT2D eigenvalue weighted by Gasteiger charge is -2.39. The van der Waals surface area contributed by atoms with Crippen LogP contribution in [0.5, 0.6) is 5.75 Å². The molecule has 1 unspecified atom stereocenters. The number of methoxy groups -OCH3 is 1. The third kappa shape index (κ3) is 3.98. The van der Waals surface area contributed by atoms with Crippen molar-refractivity contribution < 1.29 is 9.53 Å². The van der Waals surface area contributed by atoms with Crippen LogP contribution in [-0.2, 0) is 0 Å². The highest BCUT2D eigenvalue weighted by molar-refractivity contribution is 9.10. The number of amides is 1. The van der Waals surface area contributed by atoms with E-state index in [2.05, 4.69) is 45.1 Å². The monoisotopic (exact) mass is 402 g/mol. The van der Waals surface area contributed by atoms with Gasteiger partial charge >= 0.3 is 0 Å². The van der Waals surface area contributed by atoms with Crippen molar-refractivity contribution in [1.82, 2.24) is 4.90 Å². The summed E-state index contributed by atoms with van der Waals surface area (Å²) in [6.07, 6.45) is 2.10. The van der Waals surface area contributed by atoms with Crippen molar-refractivity contribution in [2.45, 2.75) is 18.9 Å². The third-order valence-corrected chi connectivity index (χ3v) is 5.48. The Morgan fingerprint density at radius 3 is 2.72 bits per heavy atom. The van der Waals surface area contributed by atoms with Gasteiger partial charge in [0, 0.05) is 36.3 Å². The molecule has 1 aliphatic rings. The van der Waals surface area contributed by atoms with Crippen LogP contribution in [0, 0.1) is 0 Å². The number of hydrogen-bond acceptors (Lipinski definition) is 3. The lowest BCUT2D eigenvalue weighted by Crippen LogP contribution is -2.48. The maximum atomic E-state index is 13.0. The maximum absolute atomic E-state index is 13.0. The summed E-state index contributed by atoms with van der Waals surface area (Å²) >= 11 is 3.49. The molecule has 1 amide bonds. The van der Waals surface area contributed by atoms with Gasteiger partial charge in [-0.15, -0.1) is 0 Å². The number of ether oxygens (including phenoxy) is 1.